The van der Waals surface area contributed by atoms with Crippen LogP contribution in [-0.4, -0.2) is 20.4 Å². The van der Waals surface area contributed by atoms with E-state index in [0.717, 1.165) is 17.2 Å². The van der Waals surface area contributed by atoms with Gasteiger partial charge in [-0.25, -0.2) is 13.1 Å². The van der Waals surface area contributed by atoms with Gasteiger partial charge in [0.25, 0.3) is 0 Å². The van der Waals surface area contributed by atoms with Crippen molar-refractivity contribution < 1.29 is 18.1 Å². The molecule has 7 nitrogen and oxygen atoms in total. The number of benzene rings is 2. The van der Waals surface area contributed by atoms with Crippen molar-refractivity contribution in [3.8, 4) is 11.5 Å². The van der Waals surface area contributed by atoms with Crippen LogP contribution in [-0.2, 0) is 10.0 Å². The van der Waals surface area contributed by atoms with E-state index >= 15 is 0 Å². The van der Waals surface area contributed by atoms with Gasteiger partial charge >= 0.3 is 5.69 Å². The standard InChI is InChI=1S/C15H16N2O5S/c1-10-4-5-12(8-11(10)2)22-15-7-6-13(23(20,21)16-3)9-14(15)17(18)19/h4-9,16H,1-3H3. The van der Waals surface area contributed by atoms with Gasteiger partial charge in [-0.2, -0.15) is 0 Å². The number of nitrogens with one attached hydrogen (secondary N) is 1. The average Bonchev–Trinajstić information content (AvgIpc) is 2.51. The molecule has 122 valence electrons. The fraction of sp³-hybridized carbons (Fsp3) is 0.200. The summed E-state index contributed by atoms with van der Waals surface area (Å²) in [6.07, 6.45) is 0. The highest BCUT2D eigenvalue weighted by Gasteiger charge is 2.21. The van der Waals surface area contributed by atoms with Crippen molar-refractivity contribution in [3.05, 3.63) is 57.6 Å². The predicted octanol–water partition coefficient (Wildman–Crippen LogP) is 2.91. The van der Waals surface area contributed by atoms with Crippen LogP contribution in [0.4, 0.5) is 5.69 Å². The predicted molar refractivity (Wildman–Crippen MR) is 85.3 cm³/mol. The van der Waals surface area contributed by atoms with E-state index in [-0.39, 0.29) is 10.6 Å². The van der Waals surface area contributed by atoms with E-state index in [9.17, 15) is 18.5 Å². The molecule has 8 heteroatoms. The van der Waals surface area contributed by atoms with Crippen molar-refractivity contribution in [2.45, 2.75) is 18.7 Å². The van der Waals surface area contributed by atoms with E-state index in [1.807, 2.05) is 19.9 Å². The third-order valence-corrected chi connectivity index (χ3v) is 4.82. The number of hydrogen-bond donors (Lipinski definition) is 1. The number of aryl methyl sites for hydroxylation is 2. The van der Waals surface area contributed by atoms with E-state index < -0.39 is 20.6 Å². The van der Waals surface area contributed by atoms with Crippen molar-refractivity contribution in [1.29, 1.82) is 0 Å². The molecule has 0 bridgehead atoms. The molecule has 0 atom stereocenters. The van der Waals surface area contributed by atoms with Crippen LogP contribution >= 0.6 is 0 Å². The van der Waals surface area contributed by atoms with Gasteiger partial charge in [0.1, 0.15) is 5.75 Å². The van der Waals surface area contributed by atoms with Gasteiger partial charge in [0.15, 0.2) is 0 Å². The normalized spacial score (nSPS) is 11.3. The van der Waals surface area contributed by atoms with Crippen LogP contribution in [0.3, 0.4) is 0 Å². The Morgan fingerprint density at radius 1 is 1.09 bits per heavy atom. The topological polar surface area (TPSA) is 98.5 Å². The molecular weight excluding hydrogens is 320 g/mol. The first kappa shape index (κ1) is 16.9. The van der Waals surface area contributed by atoms with Crippen LogP contribution in [0, 0.1) is 24.0 Å². The highest BCUT2D eigenvalue weighted by molar-refractivity contribution is 7.89. The summed E-state index contributed by atoms with van der Waals surface area (Å²) in [5, 5.41) is 11.2. The maximum absolute atomic E-state index is 11.8. The van der Waals surface area contributed by atoms with Gasteiger partial charge in [-0.3, -0.25) is 10.1 Å². The van der Waals surface area contributed by atoms with Gasteiger partial charge in [0.05, 0.1) is 9.82 Å². The Labute approximate surface area is 134 Å². The second kappa shape index (κ2) is 6.35. The SMILES string of the molecule is CNS(=O)(=O)c1ccc(Oc2ccc(C)c(C)c2)c([N+](=O)[O-])c1. The van der Waals surface area contributed by atoms with Crippen molar-refractivity contribution in [2.75, 3.05) is 7.05 Å². The molecule has 0 aromatic heterocycles. The molecule has 0 heterocycles. The maximum Gasteiger partial charge on any atom is 0.312 e. The van der Waals surface area contributed by atoms with Crippen LogP contribution in [0.5, 0.6) is 11.5 Å². The van der Waals surface area contributed by atoms with Crippen LogP contribution in [0.15, 0.2) is 41.3 Å². The fourth-order valence-corrected chi connectivity index (χ4v) is 2.67. The van der Waals surface area contributed by atoms with Crippen molar-refractivity contribution in [1.82, 2.24) is 4.72 Å². The zero-order valence-electron chi connectivity index (χ0n) is 12.9. The summed E-state index contributed by atoms with van der Waals surface area (Å²) in [6.45, 7) is 3.85. The molecular formula is C15H16N2O5S. The Balaban J connectivity index is 2.46. The quantitative estimate of drug-likeness (QED) is 0.668. The Kier molecular flexibility index (Phi) is 4.67. The van der Waals surface area contributed by atoms with Gasteiger partial charge in [0, 0.05) is 6.07 Å². The van der Waals surface area contributed by atoms with E-state index in [1.54, 1.807) is 12.1 Å². The largest absolute Gasteiger partial charge is 0.450 e. The minimum Gasteiger partial charge on any atom is -0.450 e. The molecule has 0 radical (unpaired) electrons. The Morgan fingerprint density at radius 2 is 1.78 bits per heavy atom. The number of rotatable bonds is 5. The summed E-state index contributed by atoms with van der Waals surface area (Å²) in [5.74, 6) is 0.425. The molecule has 0 aliphatic rings. The Bertz CT molecular complexity index is 862. The maximum atomic E-state index is 11.8. The van der Waals surface area contributed by atoms with Gasteiger partial charge in [-0.05, 0) is 56.3 Å². The number of ether oxygens (including phenoxy) is 1. The number of nitro benzene ring substituents is 1. The number of hydrogen-bond acceptors (Lipinski definition) is 5. The summed E-state index contributed by atoms with van der Waals surface area (Å²) in [6, 6.07) is 8.81. The molecule has 2 aromatic rings. The molecule has 23 heavy (non-hydrogen) atoms. The van der Waals surface area contributed by atoms with Crippen LogP contribution < -0.4 is 9.46 Å². The lowest BCUT2D eigenvalue weighted by Crippen LogP contribution is -2.18. The molecule has 0 aliphatic carbocycles. The van der Waals surface area contributed by atoms with E-state index in [2.05, 4.69) is 4.72 Å². The summed E-state index contributed by atoms with van der Waals surface area (Å²) in [7, 11) is -2.53. The summed E-state index contributed by atoms with van der Waals surface area (Å²) >= 11 is 0. The van der Waals surface area contributed by atoms with Gasteiger partial charge in [0.2, 0.25) is 15.8 Å². The first-order chi connectivity index (χ1) is 10.7. The van der Waals surface area contributed by atoms with Crippen LogP contribution in [0.1, 0.15) is 11.1 Å². The van der Waals surface area contributed by atoms with Gasteiger partial charge in [-0.1, -0.05) is 6.07 Å². The lowest BCUT2D eigenvalue weighted by molar-refractivity contribution is -0.385. The first-order valence-electron chi connectivity index (χ1n) is 6.71. The zero-order chi connectivity index (χ0) is 17.2. The van der Waals surface area contributed by atoms with Crippen molar-refractivity contribution in [2.24, 2.45) is 0 Å². The molecule has 1 N–H and O–H groups in total. The van der Waals surface area contributed by atoms with Gasteiger partial charge in [-0.15, -0.1) is 0 Å². The Hall–Kier alpha value is -2.45. The molecule has 0 amide bonds. The summed E-state index contributed by atoms with van der Waals surface area (Å²) < 4.78 is 31.2. The molecule has 0 fully saturated rings. The third-order valence-electron chi connectivity index (χ3n) is 3.41. The highest BCUT2D eigenvalue weighted by Crippen LogP contribution is 2.33. The minimum absolute atomic E-state index is 0.0201. The van der Waals surface area contributed by atoms with Crippen LogP contribution in [0.25, 0.3) is 0 Å². The summed E-state index contributed by atoms with van der Waals surface area (Å²) in [5.41, 5.74) is 1.64. The van der Waals surface area contributed by atoms with E-state index in [1.165, 1.54) is 19.2 Å². The lowest BCUT2D eigenvalue weighted by atomic mass is 10.1. The molecule has 0 aliphatic heterocycles. The fourth-order valence-electron chi connectivity index (χ4n) is 1.92. The summed E-state index contributed by atoms with van der Waals surface area (Å²) in [4.78, 5) is 10.3. The Morgan fingerprint density at radius 3 is 2.35 bits per heavy atom. The zero-order valence-corrected chi connectivity index (χ0v) is 13.7. The van der Waals surface area contributed by atoms with E-state index in [4.69, 9.17) is 4.74 Å². The number of nitrogens with zero attached hydrogens (tertiary/aromatic N) is 1. The second-order valence-electron chi connectivity index (χ2n) is 4.94. The van der Waals surface area contributed by atoms with Gasteiger partial charge < -0.3 is 4.74 Å². The minimum atomic E-state index is -3.77. The van der Waals surface area contributed by atoms with Crippen molar-refractivity contribution in [3.63, 3.8) is 0 Å². The van der Waals surface area contributed by atoms with Crippen LogP contribution in [0.2, 0.25) is 0 Å². The molecule has 0 saturated carbocycles. The van der Waals surface area contributed by atoms with Crippen molar-refractivity contribution >= 4 is 15.7 Å². The molecule has 0 saturated heterocycles. The second-order valence-corrected chi connectivity index (χ2v) is 6.83. The molecule has 2 aromatic carbocycles. The highest BCUT2D eigenvalue weighted by atomic mass is 32.2. The molecule has 0 unspecified atom stereocenters. The number of sulfonamides is 1. The average molecular weight is 336 g/mol. The molecule has 0 spiro atoms. The van der Waals surface area contributed by atoms with E-state index in [0.29, 0.717) is 5.75 Å². The first-order valence-corrected chi connectivity index (χ1v) is 8.20. The molecule has 2 rings (SSSR count). The number of nitro groups is 1. The smallest absolute Gasteiger partial charge is 0.312 e. The third kappa shape index (κ3) is 3.66. The monoisotopic (exact) mass is 336 g/mol. The lowest BCUT2D eigenvalue weighted by Gasteiger charge is -2.09.